The molecule has 1 saturated heterocycles. The van der Waals surface area contributed by atoms with Crippen LogP contribution in [0.25, 0.3) is 0 Å². The van der Waals surface area contributed by atoms with Gasteiger partial charge >= 0.3 is 5.97 Å². The van der Waals surface area contributed by atoms with Gasteiger partial charge in [0.25, 0.3) is 0 Å². The number of amides is 1. The normalized spacial score (nSPS) is 22.1. The molecule has 1 fully saturated rings. The highest BCUT2D eigenvalue weighted by Crippen LogP contribution is 2.21. The first-order valence-electron chi connectivity index (χ1n) is 7.23. The fourth-order valence-corrected chi connectivity index (χ4v) is 2.45. The molecule has 1 aromatic rings. The molecule has 2 N–H and O–H groups in total. The Hall–Kier alpha value is -2.08. The molecule has 120 valence electrons. The first-order chi connectivity index (χ1) is 10.5. The third kappa shape index (κ3) is 3.57. The zero-order chi connectivity index (χ0) is 16.2. The van der Waals surface area contributed by atoms with Gasteiger partial charge in [-0.1, -0.05) is 19.1 Å². The summed E-state index contributed by atoms with van der Waals surface area (Å²) in [4.78, 5) is 23.7. The number of methoxy groups -OCH3 is 1. The number of nitrogens with one attached hydrogen (secondary N) is 1. The van der Waals surface area contributed by atoms with Crippen LogP contribution in [0, 0.1) is 5.92 Å². The molecule has 1 aliphatic heterocycles. The van der Waals surface area contributed by atoms with Crippen molar-refractivity contribution in [2.45, 2.75) is 25.3 Å². The molecule has 0 spiro atoms. The summed E-state index contributed by atoms with van der Waals surface area (Å²) in [6.45, 7) is 2.15. The lowest BCUT2D eigenvalue weighted by molar-refractivity contribution is -0.148. The van der Waals surface area contributed by atoms with Crippen LogP contribution in [-0.4, -0.2) is 42.8 Å². The molecule has 6 nitrogen and oxygen atoms in total. The van der Waals surface area contributed by atoms with Crippen LogP contribution in [0.5, 0.6) is 5.75 Å². The second kappa shape index (κ2) is 6.79. The van der Waals surface area contributed by atoms with E-state index in [1.165, 1.54) is 0 Å². The quantitative estimate of drug-likeness (QED) is 0.826. The largest absolute Gasteiger partial charge is 0.497 e. The number of benzene rings is 1. The molecule has 0 bridgehead atoms. The molecule has 1 amide bonds. The highest BCUT2D eigenvalue weighted by Gasteiger charge is 2.44. The van der Waals surface area contributed by atoms with Gasteiger partial charge in [-0.3, -0.25) is 4.79 Å². The molecule has 0 aromatic heterocycles. The van der Waals surface area contributed by atoms with E-state index < -0.39 is 11.5 Å². The highest BCUT2D eigenvalue weighted by molar-refractivity contribution is 5.88. The van der Waals surface area contributed by atoms with Gasteiger partial charge in [-0.25, -0.2) is 4.79 Å². The molecule has 2 atom stereocenters. The van der Waals surface area contributed by atoms with Crippen molar-refractivity contribution in [1.82, 2.24) is 5.32 Å². The minimum absolute atomic E-state index is 0.0172. The maximum absolute atomic E-state index is 12.3. The smallest absolute Gasteiger partial charge is 0.331 e. The summed E-state index contributed by atoms with van der Waals surface area (Å²) in [5.41, 5.74) is -0.291. The second-order valence-electron chi connectivity index (χ2n) is 5.63. The van der Waals surface area contributed by atoms with Crippen LogP contribution in [0.3, 0.4) is 0 Å². The number of ether oxygens (including phenoxy) is 2. The number of hydrogen-bond acceptors (Lipinski definition) is 4. The molecule has 2 rings (SSSR count). The van der Waals surface area contributed by atoms with Crippen molar-refractivity contribution in [1.29, 1.82) is 0 Å². The maximum atomic E-state index is 12.3. The Bertz CT molecular complexity index is 534. The van der Waals surface area contributed by atoms with Crippen LogP contribution >= 0.6 is 0 Å². The number of aliphatic carboxylic acids is 1. The van der Waals surface area contributed by atoms with E-state index in [2.05, 4.69) is 5.32 Å². The maximum Gasteiger partial charge on any atom is 0.331 e. The molecule has 22 heavy (non-hydrogen) atoms. The second-order valence-corrected chi connectivity index (χ2v) is 5.63. The van der Waals surface area contributed by atoms with Gasteiger partial charge in [-0.15, -0.1) is 0 Å². The molecular formula is C16H21NO5. The van der Waals surface area contributed by atoms with Gasteiger partial charge in [0.1, 0.15) is 5.75 Å². The van der Waals surface area contributed by atoms with Crippen molar-refractivity contribution in [3.8, 4) is 5.75 Å². The van der Waals surface area contributed by atoms with Crippen molar-refractivity contribution >= 4 is 11.9 Å². The highest BCUT2D eigenvalue weighted by atomic mass is 16.5. The fraction of sp³-hybridized carbons (Fsp3) is 0.500. The summed E-state index contributed by atoms with van der Waals surface area (Å²) in [7, 11) is 1.60. The van der Waals surface area contributed by atoms with E-state index >= 15 is 0 Å². The minimum Gasteiger partial charge on any atom is -0.497 e. The van der Waals surface area contributed by atoms with Crippen LogP contribution < -0.4 is 10.1 Å². The van der Waals surface area contributed by atoms with Crippen molar-refractivity contribution in [2.75, 3.05) is 20.3 Å². The molecule has 6 heteroatoms. The standard InChI is InChI=1S/C16H21NO5/c1-11(9-12-3-5-13(21-2)6-4-12)14(18)17-16(15(19)20)7-8-22-10-16/h3-6,11H,7-10H2,1-2H3,(H,17,18)(H,19,20). The van der Waals surface area contributed by atoms with E-state index in [4.69, 9.17) is 9.47 Å². The summed E-state index contributed by atoms with van der Waals surface area (Å²) in [5.74, 6) is -0.891. The Morgan fingerprint density at radius 1 is 1.41 bits per heavy atom. The zero-order valence-electron chi connectivity index (χ0n) is 12.8. The predicted octanol–water partition coefficient (Wildman–Crippen LogP) is 1.23. The van der Waals surface area contributed by atoms with Gasteiger partial charge in [-0.2, -0.15) is 0 Å². The third-order valence-corrected chi connectivity index (χ3v) is 3.94. The number of carboxylic acid groups (broad SMARTS) is 1. The minimum atomic E-state index is -1.29. The zero-order valence-corrected chi connectivity index (χ0v) is 12.8. The van der Waals surface area contributed by atoms with Gasteiger partial charge in [-0.05, 0) is 24.1 Å². The summed E-state index contributed by atoms with van der Waals surface area (Å²) in [6, 6.07) is 7.47. The molecule has 1 heterocycles. The van der Waals surface area contributed by atoms with Crippen LogP contribution in [0.15, 0.2) is 24.3 Å². The first-order valence-corrected chi connectivity index (χ1v) is 7.23. The average Bonchev–Trinajstić information content (AvgIpc) is 2.98. The van der Waals surface area contributed by atoms with E-state index in [0.29, 0.717) is 19.4 Å². The molecule has 0 aliphatic carbocycles. The van der Waals surface area contributed by atoms with Crippen LogP contribution in [0.4, 0.5) is 0 Å². The predicted molar refractivity (Wildman–Crippen MR) is 79.8 cm³/mol. The summed E-state index contributed by atoms with van der Waals surface area (Å²) in [5, 5.41) is 12.0. The van der Waals surface area contributed by atoms with Gasteiger partial charge in [0.05, 0.1) is 13.7 Å². The number of carbonyl (C=O) groups is 2. The molecule has 0 radical (unpaired) electrons. The Balaban J connectivity index is 1.97. The van der Waals surface area contributed by atoms with Crippen LogP contribution in [0.2, 0.25) is 0 Å². The van der Waals surface area contributed by atoms with E-state index in [1.807, 2.05) is 24.3 Å². The third-order valence-electron chi connectivity index (χ3n) is 3.94. The lowest BCUT2D eigenvalue weighted by Crippen LogP contribution is -2.56. The fourth-order valence-electron chi connectivity index (χ4n) is 2.45. The van der Waals surface area contributed by atoms with Gasteiger partial charge in [0, 0.05) is 18.9 Å². The monoisotopic (exact) mass is 307 g/mol. The Labute approximate surface area is 129 Å². The first kappa shape index (κ1) is 16.3. The molecule has 1 aliphatic rings. The molecule has 0 saturated carbocycles. The summed E-state index contributed by atoms with van der Waals surface area (Å²) >= 11 is 0. The van der Waals surface area contributed by atoms with E-state index in [-0.39, 0.29) is 18.4 Å². The Kier molecular flexibility index (Phi) is 5.03. The SMILES string of the molecule is COc1ccc(CC(C)C(=O)NC2(C(=O)O)CCOC2)cc1. The lowest BCUT2D eigenvalue weighted by atomic mass is 9.95. The van der Waals surface area contributed by atoms with Gasteiger partial charge in [0.15, 0.2) is 5.54 Å². The van der Waals surface area contributed by atoms with Gasteiger partial charge in [0.2, 0.25) is 5.91 Å². The van der Waals surface area contributed by atoms with Crippen molar-refractivity contribution in [3.05, 3.63) is 29.8 Å². The Morgan fingerprint density at radius 2 is 2.09 bits per heavy atom. The molecule has 2 unspecified atom stereocenters. The summed E-state index contributed by atoms with van der Waals surface area (Å²) < 4.78 is 10.2. The van der Waals surface area contributed by atoms with Crippen molar-refractivity contribution < 1.29 is 24.2 Å². The topological polar surface area (TPSA) is 84.9 Å². The number of rotatable bonds is 6. The Morgan fingerprint density at radius 3 is 2.59 bits per heavy atom. The molecule has 1 aromatic carbocycles. The van der Waals surface area contributed by atoms with Crippen LogP contribution in [-0.2, 0) is 20.7 Å². The van der Waals surface area contributed by atoms with E-state index in [1.54, 1.807) is 14.0 Å². The molecular weight excluding hydrogens is 286 g/mol. The lowest BCUT2D eigenvalue weighted by Gasteiger charge is -2.25. The van der Waals surface area contributed by atoms with Crippen LogP contribution in [0.1, 0.15) is 18.9 Å². The number of hydrogen-bond donors (Lipinski definition) is 2. The average molecular weight is 307 g/mol. The summed E-state index contributed by atoms with van der Waals surface area (Å²) in [6.07, 6.45) is 0.829. The van der Waals surface area contributed by atoms with Gasteiger partial charge < -0.3 is 19.9 Å². The van der Waals surface area contributed by atoms with E-state index in [9.17, 15) is 14.7 Å². The number of carbonyl (C=O) groups excluding carboxylic acids is 1. The van der Waals surface area contributed by atoms with Crippen molar-refractivity contribution in [2.24, 2.45) is 5.92 Å². The number of carboxylic acids is 1. The van der Waals surface area contributed by atoms with E-state index in [0.717, 1.165) is 11.3 Å². The van der Waals surface area contributed by atoms with Crippen molar-refractivity contribution in [3.63, 3.8) is 0 Å².